The summed E-state index contributed by atoms with van der Waals surface area (Å²) in [7, 11) is 0. The van der Waals surface area contributed by atoms with E-state index in [2.05, 4.69) is 10.6 Å². The molecule has 0 unspecified atom stereocenters. The average molecular weight is 280 g/mol. The summed E-state index contributed by atoms with van der Waals surface area (Å²) < 4.78 is 0. The molecule has 21 heavy (non-hydrogen) atoms. The molecule has 1 aliphatic rings. The van der Waals surface area contributed by atoms with Crippen LogP contribution in [0.1, 0.15) is 25.7 Å². The van der Waals surface area contributed by atoms with E-state index in [0.29, 0.717) is 0 Å². The van der Waals surface area contributed by atoms with Crippen LogP contribution in [0.4, 0.5) is 17.1 Å². The first-order chi connectivity index (χ1) is 10.3. The van der Waals surface area contributed by atoms with Gasteiger partial charge in [-0.3, -0.25) is 4.79 Å². The largest absolute Gasteiger partial charge is 0.355 e. The van der Waals surface area contributed by atoms with Crippen LogP contribution in [0.25, 0.3) is 0 Å². The van der Waals surface area contributed by atoms with Crippen molar-refractivity contribution in [2.75, 3.05) is 10.6 Å². The zero-order chi connectivity index (χ0) is 14.5. The number of benzene rings is 2. The van der Waals surface area contributed by atoms with Crippen LogP contribution in [0.3, 0.4) is 0 Å². The smallest absolute Gasteiger partial charge is 0.227 e. The molecule has 3 heteroatoms. The first-order valence-corrected chi connectivity index (χ1v) is 7.54. The van der Waals surface area contributed by atoms with Crippen molar-refractivity contribution in [3.05, 3.63) is 54.6 Å². The SMILES string of the molecule is O=C(Nc1cccc(Nc2ccccc2)c1)C1CCCC1. The Kier molecular flexibility index (Phi) is 4.20. The lowest BCUT2D eigenvalue weighted by molar-refractivity contribution is -0.119. The van der Waals surface area contributed by atoms with Gasteiger partial charge in [-0.05, 0) is 43.2 Å². The summed E-state index contributed by atoms with van der Waals surface area (Å²) >= 11 is 0. The maximum atomic E-state index is 12.2. The molecule has 2 N–H and O–H groups in total. The van der Waals surface area contributed by atoms with Gasteiger partial charge in [0, 0.05) is 23.0 Å². The number of carbonyl (C=O) groups excluding carboxylic acids is 1. The minimum absolute atomic E-state index is 0.157. The first kappa shape index (κ1) is 13.7. The van der Waals surface area contributed by atoms with E-state index >= 15 is 0 Å². The van der Waals surface area contributed by atoms with Crippen molar-refractivity contribution >= 4 is 23.0 Å². The number of hydrogen-bond acceptors (Lipinski definition) is 2. The number of carbonyl (C=O) groups is 1. The summed E-state index contributed by atoms with van der Waals surface area (Å²) in [6, 6.07) is 17.9. The van der Waals surface area contributed by atoms with Crippen LogP contribution in [0, 0.1) is 5.92 Å². The summed E-state index contributed by atoms with van der Waals surface area (Å²) in [5, 5.41) is 6.37. The van der Waals surface area contributed by atoms with Gasteiger partial charge in [0.1, 0.15) is 0 Å². The standard InChI is InChI=1S/C18H20N2O/c21-18(14-7-4-5-8-14)20-17-12-6-11-16(13-17)19-15-9-2-1-3-10-15/h1-3,6,9-14,19H,4-5,7-8H2,(H,20,21). The molecule has 108 valence electrons. The van der Waals surface area contributed by atoms with Crippen molar-refractivity contribution in [2.24, 2.45) is 5.92 Å². The Bertz CT molecular complexity index is 604. The van der Waals surface area contributed by atoms with Gasteiger partial charge < -0.3 is 10.6 Å². The summed E-state index contributed by atoms with van der Waals surface area (Å²) in [5.41, 5.74) is 2.87. The molecule has 1 aliphatic carbocycles. The maximum absolute atomic E-state index is 12.2. The van der Waals surface area contributed by atoms with Crippen LogP contribution in [-0.2, 0) is 4.79 Å². The molecule has 1 amide bonds. The summed E-state index contributed by atoms with van der Waals surface area (Å²) in [5.74, 6) is 0.347. The fraction of sp³-hybridized carbons (Fsp3) is 0.278. The zero-order valence-electron chi connectivity index (χ0n) is 12.0. The molecule has 0 aromatic heterocycles. The topological polar surface area (TPSA) is 41.1 Å². The Balaban J connectivity index is 1.66. The molecule has 0 aliphatic heterocycles. The van der Waals surface area contributed by atoms with Crippen LogP contribution in [0.15, 0.2) is 54.6 Å². The Hall–Kier alpha value is -2.29. The molecule has 0 spiro atoms. The monoisotopic (exact) mass is 280 g/mol. The van der Waals surface area contributed by atoms with Gasteiger partial charge in [0.15, 0.2) is 0 Å². The van der Waals surface area contributed by atoms with Crippen molar-refractivity contribution in [1.82, 2.24) is 0 Å². The molecule has 3 rings (SSSR count). The molecule has 0 bridgehead atoms. The van der Waals surface area contributed by atoms with Gasteiger partial charge in [-0.25, -0.2) is 0 Å². The highest BCUT2D eigenvalue weighted by molar-refractivity contribution is 5.93. The lowest BCUT2D eigenvalue weighted by atomic mass is 10.1. The Morgan fingerprint density at radius 1 is 0.857 bits per heavy atom. The number of nitrogens with one attached hydrogen (secondary N) is 2. The van der Waals surface area contributed by atoms with E-state index in [0.717, 1.165) is 29.9 Å². The normalized spacial score (nSPS) is 14.9. The second kappa shape index (κ2) is 6.44. The molecular weight excluding hydrogens is 260 g/mol. The lowest BCUT2D eigenvalue weighted by Gasteiger charge is -2.12. The minimum Gasteiger partial charge on any atom is -0.355 e. The van der Waals surface area contributed by atoms with Gasteiger partial charge >= 0.3 is 0 Å². The summed E-state index contributed by atoms with van der Waals surface area (Å²) in [4.78, 5) is 12.2. The molecule has 0 atom stereocenters. The molecule has 0 saturated heterocycles. The number of rotatable bonds is 4. The van der Waals surface area contributed by atoms with E-state index < -0.39 is 0 Å². The van der Waals surface area contributed by atoms with E-state index in [-0.39, 0.29) is 11.8 Å². The third kappa shape index (κ3) is 3.63. The molecule has 1 saturated carbocycles. The van der Waals surface area contributed by atoms with Crippen molar-refractivity contribution in [3.63, 3.8) is 0 Å². The maximum Gasteiger partial charge on any atom is 0.227 e. The highest BCUT2D eigenvalue weighted by Crippen LogP contribution is 2.27. The number of hydrogen-bond donors (Lipinski definition) is 2. The first-order valence-electron chi connectivity index (χ1n) is 7.54. The van der Waals surface area contributed by atoms with Crippen LogP contribution in [0.5, 0.6) is 0 Å². The zero-order valence-corrected chi connectivity index (χ0v) is 12.0. The van der Waals surface area contributed by atoms with E-state index in [1.165, 1.54) is 12.8 Å². The molecular formula is C18H20N2O. The summed E-state index contributed by atoms with van der Waals surface area (Å²) in [6.07, 6.45) is 4.39. The second-order valence-corrected chi connectivity index (χ2v) is 5.54. The van der Waals surface area contributed by atoms with Crippen molar-refractivity contribution in [3.8, 4) is 0 Å². The predicted molar refractivity (Wildman–Crippen MR) is 86.8 cm³/mol. The third-order valence-corrected chi connectivity index (χ3v) is 3.92. The molecule has 3 nitrogen and oxygen atoms in total. The molecule has 0 radical (unpaired) electrons. The van der Waals surface area contributed by atoms with E-state index in [4.69, 9.17) is 0 Å². The van der Waals surface area contributed by atoms with Crippen LogP contribution < -0.4 is 10.6 Å². The lowest BCUT2D eigenvalue weighted by Crippen LogP contribution is -2.20. The Labute approximate surface area is 125 Å². The van der Waals surface area contributed by atoms with Gasteiger partial charge in [0.05, 0.1) is 0 Å². The molecule has 2 aromatic rings. The highest BCUT2D eigenvalue weighted by Gasteiger charge is 2.22. The Morgan fingerprint density at radius 2 is 1.52 bits per heavy atom. The van der Waals surface area contributed by atoms with Crippen LogP contribution >= 0.6 is 0 Å². The van der Waals surface area contributed by atoms with Crippen molar-refractivity contribution in [2.45, 2.75) is 25.7 Å². The third-order valence-electron chi connectivity index (χ3n) is 3.92. The predicted octanol–water partition coefficient (Wildman–Crippen LogP) is 4.56. The van der Waals surface area contributed by atoms with Gasteiger partial charge in [-0.15, -0.1) is 0 Å². The molecule has 0 heterocycles. The molecule has 1 fully saturated rings. The van der Waals surface area contributed by atoms with Crippen molar-refractivity contribution in [1.29, 1.82) is 0 Å². The van der Waals surface area contributed by atoms with Gasteiger partial charge in [0.25, 0.3) is 0 Å². The fourth-order valence-corrected chi connectivity index (χ4v) is 2.80. The molecule has 2 aromatic carbocycles. The fourth-order valence-electron chi connectivity index (χ4n) is 2.80. The quantitative estimate of drug-likeness (QED) is 0.862. The van der Waals surface area contributed by atoms with Gasteiger partial charge in [0.2, 0.25) is 5.91 Å². The minimum atomic E-state index is 0.157. The highest BCUT2D eigenvalue weighted by atomic mass is 16.1. The van der Waals surface area contributed by atoms with E-state index in [9.17, 15) is 4.79 Å². The number of anilines is 3. The Morgan fingerprint density at radius 3 is 2.29 bits per heavy atom. The van der Waals surface area contributed by atoms with Crippen LogP contribution in [0.2, 0.25) is 0 Å². The number of amides is 1. The van der Waals surface area contributed by atoms with Crippen LogP contribution in [-0.4, -0.2) is 5.91 Å². The van der Waals surface area contributed by atoms with E-state index in [1.54, 1.807) is 0 Å². The van der Waals surface area contributed by atoms with Gasteiger partial charge in [-0.1, -0.05) is 37.1 Å². The summed E-state index contributed by atoms with van der Waals surface area (Å²) in [6.45, 7) is 0. The van der Waals surface area contributed by atoms with Crippen molar-refractivity contribution < 1.29 is 4.79 Å². The van der Waals surface area contributed by atoms with E-state index in [1.807, 2.05) is 54.6 Å². The second-order valence-electron chi connectivity index (χ2n) is 5.54. The van der Waals surface area contributed by atoms with Gasteiger partial charge in [-0.2, -0.15) is 0 Å². The number of para-hydroxylation sites is 1. The average Bonchev–Trinajstić information content (AvgIpc) is 3.03.